The third-order valence-corrected chi connectivity index (χ3v) is 6.35. The average Bonchev–Trinajstić information content (AvgIpc) is 3.23. The van der Waals surface area contributed by atoms with Gasteiger partial charge in [0.2, 0.25) is 23.6 Å². The topological polar surface area (TPSA) is 140 Å². The lowest BCUT2D eigenvalue weighted by Crippen LogP contribution is -2.36. The number of amides is 3. The van der Waals surface area contributed by atoms with E-state index in [0.717, 1.165) is 4.90 Å². The fourth-order valence-corrected chi connectivity index (χ4v) is 3.61. The molecule has 1 N–H and O–H groups in total. The van der Waals surface area contributed by atoms with Gasteiger partial charge in [-0.25, -0.2) is 8.42 Å². The van der Waals surface area contributed by atoms with Crippen LogP contribution in [0.5, 0.6) is 0 Å². The smallest absolute Gasteiger partial charge is 0.322 e. The van der Waals surface area contributed by atoms with Gasteiger partial charge in [0.05, 0.1) is 10.1 Å². The minimum absolute atomic E-state index is 0.0807. The van der Waals surface area contributed by atoms with Crippen LogP contribution in [0.2, 0.25) is 0 Å². The zero-order valence-corrected chi connectivity index (χ0v) is 16.0. The molecule has 1 aliphatic heterocycles. The third kappa shape index (κ3) is 3.93. The van der Waals surface area contributed by atoms with Gasteiger partial charge in [-0.2, -0.15) is 0 Å². The molecule has 1 aliphatic rings. The molecule has 3 amide bonds. The Bertz CT molecular complexity index is 1010. The summed E-state index contributed by atoms with van der Waals surface area (Å²) in [7, 11) is -3.39. The Balaban J connectivity index is 1.68. The molecular formula is C17H18N4O6S. The van der Waals surface area contributed by atoms with Gasteiger partial charge in [0.25, 0.3) is 0 Å². The molecule has 0 saturated carbocycles. The van der Waals surface area contributed by atoms with E-state index in [1.807, 2.05) is 0 Å². The molecule has 28 heavy (non-hydrogen) atoms. The van der Waals surface area contributed by atoms with Crippen molar-refractivity contribution in [3.8, 4) is 11.5 Å². The first-order valence-electron chi connectivity index (χ1n) is 8.49. The van der Waals surface area contributed by atoms with E-state index in [0.29, 0.717) is 5.56 Å². The van der Waals surface area contributed by atoms with Crippen LogP contribution in [0.4, 0.5) is 6.01 Å². The number of sulfone groups is 1. The van der Waals surface area contributed by atoms with Crippen molar-refractivity contribution in [2.45, 2.75) is 36.8 Å². The van der Waals surface area contributed by atoms with Crippen LogP contribution in [0.15, 0.2) is 33.6 Å². The molecule has 0 aliphatic carbocycles. The molecule has 1 fully saturated rings. The lowest BCUT2D eigenvalue weighted by molar-refractivity contribution is -0.141. The largest absolute Gasteiger partial charge is 0.403 e. The van der Waals surface area contributed by atoms with Crippen molar-refractivity contribution in [2.75, 3.05) is 11.9 Å². The van der Waals surface area contributed by atoms with Crippen molar-refractivity contribution in [1.29, 1.82) is 0 Å². The second-order valence-corrected chi connectivity index (χ2v) is 8.96. The predicted octanol–water partition coefficient (Wildman–Crippen LogP) is 1.01. The maximum atomic E-state index is 12.1. The van der Waals surface area contributed by atoms with Crippen LogP contribution in [-0.2, 0) is 24.2 Å². The summed E-state index contributed by atoms with van der Waals surface area (Å²) < 4.78 is 29.6. The highest BCUT2D eigenvalue weighted by molar-refractivity contribution is 7.92. The zero-order valence-electron chi connectivity index (χ0n) is 15.2. The molecule has 0 spiro atoms. The molecule has 0 atom stereocenters. The number of anilines is 1. The van der Waals surface area contributed by atoms with E-state index in [2.05, 4.69) is 15.5 Å². The summed E-state index contributed by atoms with van der Waals surface area (Å²) in [5.41, 5.74) is 0.473. The van der Waals surface area contributed by atoms with Crippen LogP contribution < -0.4 is 5.32 Å². The minimum atomic E-state index is -3.39. The molecular weight excluding hydrogens is 388 g/mol. The number of hydrogen-bond donors (Lipinski definition) is 1. The standard InChI is InChI=1S/C17H18N4O6S/c1-10(2)28(25,26)12-5-3-11(4-6-12)16-19-20-17(27-16)18-13(22)9-21-14(23)7-8-15(21)24/h3-6,10H,7-9H2,1-2H3,(H,18,20,22). The number of nitrogens with one attached hydrogen (secondary N) is 1. The first kappa shape index (κ1) is 19.7. The minimum Gasteiger partial charge on any atom is -0.403 e. The SMILES string of the molecule is CC(C)S(=O)(=O)c1ccc(-c2nnc(NC(=O)CN3C(=O)CCC3=O)o2)cc1. The van der Waals surface area contributed by atoms with Gasteiger partial charge in [-0.3, -0.25) is 24.6 Å². The van der Waals surface area contributed by atoms with E-state index >= 15 is 0 Å². The summed E-state index contributed by atoms with van der Waals surface area (Å²) in [5.74, 6) is -1.36. The quantitative estimate of drug-likeness (QED) is 0.701. The van der Waals surface area contributed by atoms with Crippen molar-refractivity contribution in [3.05, 3.63) is 24.3 Å². The van der Waals surface area contributed by atoms with Crippen molar-refractivity contribution in [3.63, 3.8) is 0 Å². The predicted molar refractivity (Wildman–Crippen MR) is 96.6 cm³/mol. The van der Waals surface area contributed by atoms with Gasteiger partial charge in [-0.1, -0.05) is 5.10 Å². The molecule has 0 radical (unpaired) electrons. The third-order valence-electron chi connectivity index (χ3n) is 4.18. The van der Waals surface area contributed by atoms with Crippen LogP contribution in [-0.4, -0.2) is 53.0 Å². The summed E-state index contributed by atoms with van der Waals surface area (Å²) >= 11 is 0. The number of carbonyl (C=O) groups is 3. The maximum absolute atomic E-state index is 12.1. The van der Waals surface area contributed by atoms with Crippen LogP contribution in [0.25, 0.3) is 11.5 Å². The molecule has 11 heteroatoms. The zero-order chi connectivity index (χ0) is 20.5. The summed E-state index contributed by atoms with van der Waals surface area (Å²) in [5, 5.41) is 9.28. The number of rotatable bonds is 6. The molecule has 148 valence electrons. The van der Waals surface area contributed by atoms with E-state index < -0.39 is 39.4 Å². The Morgan fingerprint density at radius 2 is 1.75 bits per heavy atom. The summed E-state index contributed by atoms with van der Waals surface area (Å²) in [4.78, 5) is 36.1. The summed E-state index contributed by atoms with van der Waals surface area (Å²) in [6.07, 6.45) is 0.193. The molecule has 0 unspecified atom stereocenters. The van der Waals surface area contributed by atoms with Crippen molar-refractivity contribution in [2.24, 2.45) is 0 Å². The number of nitrogens with zero attached hydrogens (tertiary/aromatic N) is 3. The number of carbonyl (C=O) groups excluding carboxylic acids is 3. The monoisotopic (exact) mass is 406 g/mol. The molecule has 1 saturated heterocycles. The van der Waals surface area contributed by atoms with Gasteiger partial charge < -0.3 is 4.42 Å². The first-order chi connectivity index (χ1) is 13.2. The molecule has 1 aromatic carbocycles. The summed E-state index contributed by atoms with van der Waals surface area (Å²) in [6.45, 7) is 2.77. The molecule has 0 bridgehead atoms. The summed E-state index contributed by atoms with van der Waals surface area (Å²) in [6, 6.07) is 5.74. The number of benzene rings is 1. The lowest BCUT2D eigenvalue weighted by atomic mass is 10.2. The van der Waals surface area contributed by atoms with E-state index in [1.54, 1.807) is 13.8 Å². The molecule has 1 aromatic heterocycles. The Morgan fingerprint density at radius 3 is 2.32 bits per heavy atom. The number of aromatic nitrogens is 2. The van der Waals surface area contributed by atoms with Crippen molar-refractivity contribution < 1.29 is 27.2 Å². The number of hydrogen-bond acceptors (Lipinski definition) is 8. The number of imide groups is 1. The second-order valence-electron chi connectivity index (χ2n) is 6.45. The highest BCUT2D eigenvalue weighted by Gasteiger charge is 2.30. The van der Waals surface area contributed by atoms with Crippen LogP contribution in [0.1, 0.15) is 26.7 Å². The van der Waals surface area contributed by atoms with Crippen LogP contribution in [0, 0.1) is 0 Å². The lowest BCUT2D eigenvalue weighted by Gasteiger charge is -2.11. The highest BCUT2D eigenvalue weighted by Crippen LogP contribution is 2.23. The van der Waals surface area contributed by atoms with Gasteiger partial charge in [0.1, 0.15) is 6.54 Å². The fraction of sp³-hybridized carbons (Fsp3) is 0.353. The van der Waals surface area contributed by atoms with Crippen molar-refractivity contribution in [1.82, 2.24) is 15.1 Å². The average molecular weight is 406 g/mol. The maximum Gasteiger partial charge on any atom is 0.322 e. The van der Waals surface area contributed by atoms with Gasteiger partial charge in [0.15, 0.2) is 9.84 Å². The Hall–Kier alpha value is -3.08. The van der Waals surface area contributed by atoms with Crippen molar-refractivity contribution >= 4 is 33.6 Å². The molecule has 2 aromatic rings. The highest BCUT2D eigenvalue weighted by atomic mass is 32.2. The Morgan fingerprint density at radius 1 is 1.14 bits per heavy atom. The Kier molecular flexibility index (Phi) is 5.27. The second kappa shape index (κ2) is 7.50. The van der Waals surface area contributed by atoms with Gasteiger partial charge >= 0.3 is 6.01 Å². The van der Waals surface area contributed by atoms with E-state index in [4.69, 9.17) is 4.42 Å². The van der Waals surface area contributed by atoms with Gasteiger partial charge in [0, 0.05) is 18.4 Å². The fourth-order valence-electron chi connectivity index (χ4n) is 2.55. The van der Waals surface area contributed by atoms with E-state index in [9.17, 15) is 22.8 Å². The number of likely N-dealkylation sites (tertiary alicyclic amines) is 1. The van der Waals surface area contributed by atoms with E-state index in [1.165, 1.54) is 24.3 Å². The van der Waals surface area contributed by atoms with Gasteiger partial charge in [-0.05, 0) is 38.1 Å². The van der Waals surface area contributed by atoms with Gasteiger partial charge in [-0.15, -0.1) is 5.10 Å². The normalized spacial score (nSPS) is 14.8. The Labute approximate surface area is 160 Å². The van der Waals surface area contributed by atoms with Crippen LogP contribution >= 0.6 is 0 Å². The van der Waals surface area contributed by atoms with Crippen LogP contribution in [0.3, 0.4) is 0 Å². The molecule has 3 rings (SSSR count). The molecule has 10 nitrogen and oxygen atoms in total. The first-order valence-corrected chi connectivity index (χ1v) is 10.0. The van der Waals surface area contributed by atoms with E-state index in [-0.39, 0.29) is 29.6 Å². The molecule has 2 heterocycles.